The van der Waals surface area contributed by atoms with Gasteiger partial charge in [-0.1, -0.05) is 20.8 Å². The first-order valence-corrected chi connectivity index (χ1v) is 8.04. The molecule has 2 fully saturated rings. The van der Waals surface area contributed by atoms with Crippen molar-refractivity contribution in [3.63, 3.8) is 0 Å². The van der Waals surface area contributed by atoms with E-state index in [9.17, 15) is 4.79 Å². The standard InChI is InChI=1S/C16H30N2O2/c1-11(2)8-17-14-7-13(16(19)20-4)9-18(10-14)15-5-12(3)6-15/h11-15,17H,5-10H2,1-4H3. The zero-order valence-electron chi connectivity index (χ0n) is 13.4. The van der Waals surface area contributed by atoms with Crippen molar-refractivity contribution in [3.8, 4) is 0 Å². The smallest absolute Gasteiger partial charge is 0.310 e. The molecule has 0 aromatic heterocycles. The molecule has 1 N–H and O–H groups in total. The Morgan fingerprint density at radius 3 is 2.55 bits per heavy atom. The van der Waals surface area contributed by atoms with E-state index in [0.29, 0.717) is 18.0 Å². The van der Waals surface area contributed by atoms with Gasteiger partial charge in [0.05, 0.1) is 13.0 Å². The summed E-state index contributed by atoms with van der Waals surface area (Å²) in [6.45, 7) is 9.74. The summed E-state index contributed by atoms with van der Waals surface area (Å²) in [7, 11) is 1.50. The van der Waals surface area contributed by atoms with Crippen molar-refractivity contribution >= 4 is 5.97 Å². The normalized spacial score (nSPS) is 34.9. The molecule has 1 saturated carbocycles. The summed E-state index contributed by atoms with van der Waals surface area (Å²) >= 11 is 0. The van der Waals surface area contributed by atoms with Crippen LogP contribution in [0.2, 0.25) is 0 Å². The average Bonchev–Trinajstić information content (AvgIpc) is 2.40. The van der Waals surface area contributed by atoms with Gasteiger partial charge in [-0.15, -0.1) is 0 Å². The second-order valence-electron chi connectivity index (χ2n) is 7.14. The number of hydrogen-bond acceptors (Lipinski definition) is 4. The maximum Gasteiger partial charge on any atom is 0.310 e. The van der Waals surface area contributed by atoms with E-state index in [1.165, 1.54) is 20.0 Å². The molecule has 1 heterocycles. The van der Waals surface area contributed by atoms with Gasteiger partial charge in [-0.25, -0.2) is 0 Å². The molecular weight excluding hydrogens is 252 g/mol. The van der Waals surface area contributed by atoms with Gasteiger partial charge in [0.2, 0.25) is 0 Å². The Kier molecular flexibility index (Phi) is 5.44. The van der Waals surface area contributed by atoms with Gasteiger partial charge in [-0.3, -0.25) is 9.69 Å². The average molecular weight is 282 g/mol. The van der Waals surface area contributed by atoms with Gasteiger partial charge >= 0.3 is 5.97 Å². The van der Waals surface area contributed by atoms with Gasteiger partial charge < -0.3 is 10.1 Å². The number of ether oxygens (including phenoxy) is 1. The Morgan fingerprint density at radius 1 is 1.30 bits per heavy atom. The minimum absolute atomic E-state index is 0.0364. The van der Waals surface area contributed by atoms with Crippen LogP contribution in [0.15, 0.2) is 0 Å². The summed E-state index contributed by atoms with van der Waals surface area (Å²) in [5.74, 6) is 1.49. The highest BCUT2D eigenvalue weighted by Crippen LogP contribution is 2.34. The molecule has 0 aromatic rings. The van der Waals surface area contributed by atoms with Crippen LogP contribution in [0.4, 0.5) is 0 Å². The zero-order chi connectivity index (χ0) is 14.7. The third-order valence-electron chi connectivity index (χ3n) is 4.69. The first kappa shape index (κ1) is 15.8. The summed E-state index contributed by atoms with van der Waals surface area (Å²) in [5, 5.41) is 3.62. The van der Waals surface area contributed by atoms with Gasteiger partial charge in [0, 0.05) is 25.2 Å². The maximum atomic E-state index is 11.9. The Hall–Kier alpha value is -0.610. The molecule has 1 aliphatic carbocycles. The van der Waals surface area contributed by atoms with E-state index in [1.807, 2.05) is 0 Å². The number of nitrogens with zero attached hydrogens (tertiary/aromatic N) is 1. The second kappa shape index (κ2) is 6.90. The van der Waals surface area contributed by atoms with Crippen LogP contribution in [0, 0.1) is 17.8 Å². The maximum absolute atomic E-state index is 11.9. The fourth-order valence-electron chi connectivity index (χ4n) is 3.48. The monoisotopic (exact) mass is 282 g/mol. The number of carbonyl (C=O) groups is 1. The van der Waals surface area contributed by atoms with Gasteiger partial charge in [0.15, 0.2) is 0 Å². The molecule has 0 radical (unpaired) electrons. The lowest BCUT2D eigenvalue weighted by molar-refractivity contribution is -0.148. The fourth-order valence-corrected chi connectivity index (χ4v) is 3.48. The van der Waals surface area contributed by atoms with Crippen molar-refractivity contribution in [3.05, 3.63) is 0 Å². The lowest BCUT2D eigenvalue weighted by atomic mass is 9.79. The third kappa shape index (κ3) is 3.95. The predicted octanol–water partition coefficient (Wildman–Crippen LogP) is 1.89. The lowest BCUT2D eigenvalue weighted by Gasteiger charge is -2.47. The van der Waals surface area contributed by atoms with Gasteiger partial charge in [0.25, 0.3) is 0 Å². The molecule has 2 atom stereocenters. The van der Waals surface area contributed by atoms with Crippen LogP contribution in [0.25, 0.3) is 0 Å². The van der Waals surface area contributed by atoms with E-state index in [-0.39, 0.29) is 11.9 Å². The van der Waals surface area contributed by atoms with E-state index in [2.05, 4.69) is 31.0 Å². The topological polar surface area (TPSA) is 41.6 Å². The summed E-state index contributed by atoms with van der Waals surface area (Å²) in [6, 6.07) is 1.10. The SMILES string of the molecule is COC(=O)C1CC(NCC(C)C)CN(C2CC(C)C2)C1. The van der Waals surface area contributed by atoms with E-state index in [4.69, 9.17) is 4.74 Å². The van der Waals surface area contributed by atoms with Crippen LogP contribution in [0.1, 0.15) is 40.0 Å². The highest BCUT2D eigenvalue weighted by molar-refractivity contribution is 5.72. The quantitative estimate of drug-likeness (QED) is 0.782. The second-order valence-corrected chi connectivity index (χ2v) is 7.14. The molecule has 2 aliphatic rings. The van der Waals surface area contributed by atoms with Crippen LogP contribution in [-0.4, -0.2) is 49.7 Å². The summed E-state index contributed by atoms with van der Waals surface area (Å²) in [6.07, 6.45) is 3.48. The molecule has 0 bridgehead atoms. The summed E-state index contributed by atoms with van der Waals surface area (Å²) < 4.78 is 4.97. The molecule has 20 heavy (non-hydrogen) atoms. The molecule has 0 spiro atoms. The fraction of sp³-hybridized carbons (Fsp3) is 0.938. The Labute approximate surface area is 123 Å². The van der Waals surface area contributed by atoms with Crippen molar-refractivity contribution < 1.29 is 9.53 Å². The number of hydrogen-bond donors (Lipinski definition) is 1. The number of likely N-dealkylation sites (tertiary alicyclic amines) is 1. The van der Waals surface area contributed by atoms with Crippen molar-refractivity contribution in [2.45, 2.75) is 52.1 Å². The Morgan fingerprint density at radius 2 is 2.00 bits per heavy atom. The van der Waals surface area contributed by atoms with Crippen LogP contribution in [0.5, 0.6) is 0 Å². The third-order valence-corrected chi connectivity index (χ3v) is 4.69. The highest BCUT2D eigenvalue weighted by atomic mass is 16.5. The van der Waals surface area contributed by atoms with Gasteiger partial charge in [-0.2, -0.15) is 0 Å². The van der Waals surface area contributed by atoms with Gasteiger partial charge in [-0.05, 0) is 37.6 Å². The van der Waals surface area contributed by atoms with Crippen LogP contribution >= 0.6 is 0 Å². The van der Waals surface area contributed by atoms with Crippen LogP contribution < -0.4 is 5.32 Å². The number of methoxy groups -OCH3 is 1. The molecule has 1 saturated heterocycles. The minimum atomic E-state index is -0.0431. The lowest BCUT2D eigenvalue weighted by Crippen LogP contribution is -2.57. The minimum Gasteiger partial charge on any atom is -0.469 e. The van der Waals surface area contributed by atoms with Crippen molar-refractivity contribution in [1.82, 2.24) is 10.2 Å². The molecule has 4 heteroatoms. The number of nitrogens with one attached hydrogen (secondary N) is 1. The van der Waals surface area contributed by atoms with Crippen molar-refractivity contribution in [2.75, 3.05) is 26.7 Å². The largest absolute Gasteiger partial charge is 0.469 e. The Bertz CT molecular complexity index is 326. The van der Waals surface area contributed by atoms with E-state index in [1.54, 1.807) is 0 Å². The number of rotatable bonds is 5. The van der Waals surface area contributed by atoms with Gasteiger partial charge in [0.1, 0.15) is 0 Å². The van der Waals surface area contributed by atoms with Crippen LogP contribution in [0.3, 0.4) is 0 Å². The first-order chi connectivity index (χ1) is 9.49. The first-order valence-electron chi connectivity index (χ1n) is 8.04. The number of piperidine rings is 1. The zero-order valence-corrected chi connectivity index (χ0v) is 13.4. The summed E-state index contributed by atoms with van der Waals surface area (Å²) in [5.41, 5.74) is 0. The molecule has 1 aliphatic heterocycles. The molecule has 0 amide bonds. The Balaban J connectivity index is 1.93. The predicted molar refractivity (Wildman–Crippen MR) is 80.5 cm³/mol. The molecule has 2 rings (SSSR count). The molecule has 116 valence electrons. The molecular formula is C16H30N2O2. The molecule has 0 aromatic carbocycles. The van der Waals surface area contributed by atoms with Crippen molar-refractivity contribution in [2.24, 2.45) is 17.8 Å². The van der Waals surface area contributed by atoms with Crippen molar-refractivity contribution in [1.29, 1.82) is 0 Å². The van der Waals surface area contributed by atoms with E-state index in [0.717, 1.165) is 32.0 Å². The van der Waals surface area contributed by atoms with Crippen LogP contribution in [-0.2, 0) is 9.53 Å². The molecule has 2 unspecified atom stereocenters. The van der Waals surface area contributed by atoms with E-state index < -0.39 is 0 Å². The summed E-state index contributed by atoms with van der Waals surface area (Å²) in [4.78, 5) is 14.4. The van der Waals surface area contributed by atoms with E-state index >= 15 is 0 Å². The number of esters is 1. The number of carbonyl (C=O) groups excluding carboxylic acids is 1. The molecule has 4 nitrogen and oxygen atoms in total. The highest BCUT2D eigenvalue weighted by Gasteiger charge is 2.38.